The van der Waals surface area contributed by atoms with Crippen LogP contribution >= 0.6 is 0 Å². The smallest absolute Gasteiger partial charge is 0.189 e. The third kappa shape index (κ3) is 1.77. The summed E-state index contributed by atoms with van der Waals surface area (Å²) in [5.41, 5.74) is 0. The van der Waals surface area contributed by atoms with Gasteiger partial charge in [-0.1, -0.05) is 6.92 Å². The number of rotatable bonds is 1. The highest BCUT2D eigenvalue weighted by molar-refractivity contribution is 4.84. The summed E-state index contributed by atoms with van der Waals surface area (Å²) in [5, 5.41) is 27.8. The maximum atomic E-state index is 9.56. The fraction of sp³-hybridized carbons (Fsp3) is 1.00. The molecule has 1 aliphatic heterocycles. The molecule has 0 spiro atoms. The number of ether oxygens (including phenoxy) is 1. The summed E-state index contributed by atoms with van der Waals surface area (Å²) in [6.07, 6.45) is -0.711. The summed E-state index contributed by atoms with van der Waals surface area (Å²) in [6, 6.07) is 0. The molecule has 1 rings (SSSR count). The van der Waals surface area contributed by atoms with E-state index in [2.05, 4.69) is 0 Å². The highest BCUT2D eigenvalue weighted by Gasteiger charge is 2.41. The van der Waals surface area contributed by atoms with E-state index < -0.39 is 24.6 Å². The van der Waals surface area contributed by atoms with E-state index in [1.807, 2.05) is 6.92 Å². The Hall–Kier alpha value is -0.160. The summed E-state index contributed by atoms with van der Waals surface area (Å²) in [4.78, 5) is 0. The molecular formula is C8H16O4. The molecule has 72 valence electrons. The highest BCUT2D eigenvalue weighted by atomic mass is 16.6. The van der Waals surface area contributed by atoms with Crippen molar-refractivity contribution < 1.29 is 20.1 Å². The third-order valence-corrected chi connectivity index (χ3v) is 2.36. The lowest BCUT2D eigenvalue weighted by atomic mass is 9.89. The molecule has 4 unspecified atom stereocenters. The second-order valence-corrected chi connectivity index (χ2v) is 3.60. The summed E-state index contributed by atoms with van der Waals surface area (Å²) in [6.45, 7) is 3.08. The second kappa shape index (κ2) is 3.30. The molecule has 1 heterocycles. The van der Waals surface area contributed by atoms with Crippen LogP contribution in [0.3, 0.4) is 0 Å². The zero-order valence-corrected chi connectivity index (χ0v) is 7.40. The number of hydrogen-bond acceptors (Lipinski definition) is 4. The van der Waals surface area contributed by atoms with E-state index in [4.69, 9.17) is 9.84 Å². The van der Waals surface area contributed by atoms with Gasteiger partial charge in [-0.2, -0.15) is 0 Å². The monoisotopic (exact) mass is 176 g/mol. The number of hydrogen-bond donors (Lipinski definition) is 3. The van der Waals surface area contributed by atoms with Crippen LogP contribution < -0.4 is 0 Å². The van der Waals surface area contributed by atoms with Gasteiger partial charge in [0, 0.05) is 6.42 Å². The van der Waals surface area contributed by atoms with Gasteiger partial charge < -0.3 is 20.1 Å². The average molecular weight is 176 g/mol. The molecule has 4 heteroatoms. The van der Waals surface area contributed by atoms with E-state index >= 15 is 0 Å². The number of aliphatic hydroxyl groups is 3. The minimum Gasteiger partial charge on any atom is -0.391 e. The quantitative estimate of drug-likeness (QED) is 0.502. The Morgan fingerprint density at radius 2 is 2.08 bits per heavy atom. The van der Waals surface area contributed by atoms with Crippen molar-refractivity contribution in [2.24, 2.45) is 5.92 Å². The molecule has 0 aliphatic carbocycles. The molecule has 1 saturated heterocycles. The van der Waals surface area contributed by atoms with E-state index in [9.17, 15) is 10.2 Å². The van der Waals surface area contributed by atoms with Gasteiger partial charge in [-0.3, -0.25) is 0 Å². The largest absolute Gasteiger partial charge is 0.391 e. The Morgan fingerprint density at radius 1 is 1.50 bits per heavy atom. The Labute approximate surface area is 71.8 Å². The summed E-state index contributed by atoms with van der Waals surface area (Å²) in [7, 11) is 0. The predicted molar refractivity (Wildman–Crippen MR) is 42.4 cm³/mol. The summed E-state index contributed by atoms with van der Waals surface area (Å²) < 4.78 is 5.06. The van der Waals surface area contributed by atoms with E-state index in [1.54, 1.807) is 6.92 Å². The summed E-state index contributed by atoms with van der Waals surface area (Å²) >= 11 is 0. The molecule has 0 radical (unpaired) electrons. The molecular weight excluding hydrogens is 160 g/mol. The zero-order chi connectivity index (χ0) is 9.35. The first kappa shape index (κ1) is 9.92. The first-order valence-corrected chi connectivity index (χ1v) is 4.17. The molecule has 0 aromatic heterocycles. The van der Waals surface area contributed by atoms with Gasteiger partial charge in [0.25, 0.3) is 0 Å². The molecule has 0 bridgehead atoms. The van der Waals surface area contributed by atoms with Crippen LogP contribution in [0.2, 0.25) is 0 Å². The van der Waals surface area contributed by atoms with Gasteiger partial charge in [-0.15, -0.1) is 0 Å². The van der Waals surface area contributed by atoms with Gasteiger partial charge >= 0.3 is 0 Å². The van der Waals surface area contributed by atoms with Gasteiger partial charge in [-0.25, -0.2) is 0 Å². The van der Waals surface area contributed by atoms with Crippen LogP contribution in [0, 0.1) is 5.92 Å². The van der Waals surface area contributed by atoms with Gasteiger partial charge in [0.05, 0.1) is 18.8 Å². The van der Waals surface area contributed by atoms with Gasteiger partial charge in [0.1, 0.15) is 0 Å². The van der Waals surface area contributed by atoms with Crippen molar-refractivity contribution in [3.05, 3.63) is 0 Å². The minimum atomic E-state index is -1.46. The van der Waals surface area contributed by atoms with Crippen molar-refractivity contribution in [1.29, 1.82) is 0 Å². The maximum Gasteiger partial charge on any atom is 0.189 e. The number of aliphatic hydroxyl groups excluding tert-OH is 2. The molecule has 1 aliphatic rings. The normalized spacial score (nSPS) is 49.2. The lowest BCUT2D eigenvalue weighted by molar-refractivity contribution is -0.297. The molecule has 4 nitrogen and oxygen atoms in total. The lowest BCUT2D eigenvalue weighted by Crippen LogP contribution is -2.52. The van der Waals surface area contributed by atoms with Crippen molar-refractivity contribution in [1.82, 2.24) is 0 Å². The molecule has 0 amide bonds. The fourth-order valence-corrected chi connectivity index (χ4v) is 1.65. The SMILES string of the molecule is CC1CC(O)(CO)OC(C)C1O. The topological polar surface area (TPSA) is 69.9 Å². The fourth-order valence-electron chi connectivity index (χ4n) is 1.65. The Bertz CT molecular complexity index is 147. The lowest BCUT2D eigenvalue weighted by Gasteiger charge is -2.41. The Morgan fingerprint density at radius 3 is 2.50 bits per heavy atom. The second-order valence-electron chi connectivity index (χ2n) is 3.60. The van der Waals surface area contributed by atoms with Crippen molar-refractivity contribution in [2.75, 3.05) is 6.61 Å². The van der Waals surface area contributed by atoms with Crippen LogP contribution in [0.5, 0.6) is 0 Å². The van der Waals surface area contributed by atoms with E-state index in [1.165, 1.54) is 0 Å². The summed E-state index contributed by atoms with van der Waals surface area (Å²) in [5.74, 6) is -1.51. The molecule has 0 aromatic rings. The zero-order valence-electron chi connectivity index (χ0n) is 7.40. The molecule has 0 aromatic carbocycles. The minimum absolute atomic E-state index is 0.0501. The molecule has 1 fully saturated rings. The van der Waals surface area contributed by atoms with Crippen LogP contribution in [0.1, 0.15) is 20.3 Å². The standard InChI is InChI=1S/C8H16O4/c1-5-3-8(11,4-9)12-6(2)7(5)10/h5-7,9-11H,3-4H2,1-2H3. The maximum absolute atomic E-state index is 9.56. The molecule has 12 heavy (non-hydrogen) atoms. The highest BCUT2D eigenvalue weighted by Crippen LogP contribution is 2.30. The predicted octanol–water partition coefficient (Wildman–Crippen LogP) is -0.527. The molecule has 3 N–H and O–H groups in total. The average Bonchev–Trinajstić information content (AvgIpc) is 2.00. The van der Waals surface area contributed by atoms with Crippen LogP contribution in [-0.4, -0.2) is 39.9 Å². The Balaban J connectivity index is 2.65. The van der Waals surface area contributed by atoms with E-state index in [0.717, 1.165) is 0 Å². The third-order valence-electron chi connectivity index (χ3n) is 2.36. The van der Waals surface area contributed by atoms with Crippen molar-refractivity contribution in [2.45, 2.75) is 38.3 Å². The van der Waals surface area contributed by atoms with Gasteiger partial charge in [0.2, 0.25) is 0 Å². The van der Waals surface area contributed by atoms with Crippen LogP contribution in [0.25, 0.3) is 0 Å². The van der Waals surface area contributed by atoms with Gasteiger partial charge in [0.15, 0.2) is 5.79 Å². The first-order valence-electron chi connectivity index (χ1n) is 4.17. The van der Waals surface area contributed by atoms with Crippen molar-refractivity contribution in [3.8, 4) is 0 Å². The van der Waals surface area contributed by atoms with Crippen LogP contribution in [-0.2, 0) is 4.74 Å². The van der Waals surface area contributed by atoms with Crippen LogP contribution in [0.4, 0.5) is 0 Å². The molecule has 0 saturated carbocycles. The van der Waals surface area contributed by atoms with Gasteiger partial charge in [-0.05, 0) is 12.8 Å². The molecule has 4 atom stereocenters. The Kier molecular flexibility index (Phi) is 2.73. The van der Waals surface area contributed by atoms with Crippen LogP contribution in [0.15, 0.2) is 0 Å². The van der Waals surface area contributed by atoms with Crippen molar-refractivity contribution in [3.63, 3.8) is 0 Å². The first-order chi connectivity index (χ1) is 5.48. The van der Waals surface area contributed by atoms with Crippen molar-refractivity contribution >= 4 is 0 Å². The van der Waals surface area contributed by atoms with E-state index in [-0.39, 0.29) is 12.3 Å². The van der Waals surface area contributed by atoms with E-state index in [0.29, 0.717) is 0 Å².